The summed E-state index contributed by atoms with van der Waals surface area (Å²) >= 11 is 11.1. The van der Waals surface area contributed by atoms with Crippen LogP contribution in [0.15, 0.2) is 5.38 Å². The van der Waals surface area contributed by atoms with Crippen molar-refractivity contribution >= 4 is 40.8 Å². The van der Waals surface area contributed by atoms with Gasteiger partial charge < -0.3 is 10.7 Å². The molecule has 1 aromatic heterocycles. The zero-order chi connectivity index (χ0) is 7.56. The Morgan fingerprint density at radius 2 is 2.50 bits per heavy atom. The second-order valence-electron chi connectivity index (χ2n) is 1.82. The summed E-state index contributed by atoms with van der Waals surface area (Å²) in [6, 6.07) is 0. The van der Waals surface area contributed by atoms with Crippen LogP contribution in [0.2, 0.25) is 0 Å². The highest BCUT2D eigenvalue weighted by atomic mass is 32.1. The smallest absolute Gasteiger partial charge is 0.158 e. The second kappa shape index (κ2) is 3.23. The van der Waals surface area contributed by atoms with Crippen molar-refractivity contribution in [2.45, 2.75) is 6.42 Å². The summed E-state index contributed by atoms with van der Waals surface area (Å²) in [6.07, 6.45) is 0.614. The van der Waals surface area contributed by atoms with Gasteiger partial charge in [0.25, 0.3) is 0 Å². The van der Waals surface area contributed by atoms with E-state index in [0.717, 1.165) is 9.65 Å². The van der Waals surface area contributed by atoms with Crippen LogP contribution in [0.1, 0.15) is 5.69 Å². The van der Waals surface area contributed by atoms with Crippen molar-refractivity contribution in [3.05, 3.63) is 15.0 Å². The average molecular weight is 190 g/mol. The van der Waals surface area contributed by atoms with Gasteiger partial charge in [0.1, 0.15) is 0 Å². The normalized spacial score (nSPS) is 9.60. The number of H-pyrrole nitrogens is 1. The molecule has 0 saturated carbocycles. The number of aromatic nitrogens is 1. The molecule has 0 aliphatic rings. The van der Waals surface area contributed by atoms with E-state index in [2.05, 4.69) is 4.98 Å². The zero-order valence-corrected chi connectivity index (χ0v) is 7.54. The summed E-state index contributed by atoms with van der Waals surface area (Å²) in [6.45, 7) is 0. The Kier molecular flexibility index (Phi) is 2.53. The van der Waals surface area contributed by atoms with Crippen molar-refractivity contribution < 1.29 is 0 Å². The van der Waals surface area contributed by atoms with E-state index in [1.165, 1.54) is 11.3 Å². The maximum Gasteiger partial charge on any atom is 0.158 e. The molecule has 0 spiro atoms. The largest absolute Gasteiger partial charge is 0.393 e. The Morgan fingerprint density at radius 1 is 1.80 bits per heavy atom. The van der Waals surface area contributed by atoms with Crippen LogP contribution in [0.5, 0.6) is 0 Å². The third kappa shape index (κ3) is 2.17. The van der Waals surface area contributed by atoms with Gasteiger partial charge in [-0.05, 0) is 12.2 Å². The summed E-state index contributed by atoms with van der Waals surface area (Å²) in [4.78, 5) is 3.46. The molecular formula is C5H6N2S3. The number of hydrogen-bond donors (Lipinski definition) is 2. The Hall–Kier alpha value is -0.260. The van der Waals surface area contributed by atoms with Crippen molar-refractivity contribution in [1.82, 2.24) is 4.98 Å². The number of nitrogens with one attached hydrogen (secondary N) is 1. The van der Waals surface area contributed by atoms with Crippen LogP contribution in [0.25, 0.3) is 0 Å². The molecule has 1 heterocycles. The Labute approximate surface area is 73.1 Å². The molecule has 0 saturated heterocycles. The molecule has 0 unspecified atom stereocenters. The molecule has 0 radical (unpaired) electrons. The minimum absolute atomic E-state index is 0.490. The first-order valence-corrected chi connectivity index (χ1v) is 4.33. The van der Waals surface area contributed by atoms with Gasteiger partial charge in [0.2, 0.25) is 0 Å². The molecule has 0 atom stereocenters. The second-order valence-corrected chi connectivity index (χ2v) is 3.89. The number of hydrogen-bond acceptors (Lipinski definition) is 3. The van der Waals surface area contributed by atoms with Gasteiger partial charge in [0, 0.05) is 17.5 Å². The van der Waals surface area contributed by atoms with Gasteiger partial charge >= 0.3 is 0 Å². The fourth-order valence-corrected chi connectivity index (χ4v) is 1.60. The fourth-order valence-electron chi connectivity index (χ4n) is 0.588. The average Bonchev–Trinajstić information content (AvgIpc) is 2.13. The molecule has 2 nitrogen and oxygen atoms in total. The first-order valence-electron chi connectivity index (χ1n) is 2.63. The van der Waals surface area contributed by atoms with Crippen LogP contribution in [0.3, 0.4) is 0 Å². The highest BCUT2D eigenvalue weighted by Gasteiger charge is 1.94. The predicted octanol–water partition coefficient (Wildman–Crippen LogP) is 1.63. The Bertz CT molecular complexity index is 285. The topological polar surface area (TPSA) is 41.8 Å². The van der Waals surface area contributed by atoms with Crippen LogP contribution < -0.4 is 5.73 Å². The molecule has 1 aromatic rings. The van der Waals surface area contributed by atoms with Crippen molar-refractivity contribution in [2.75, 3.05) is 0 Å². The maximum atomic E-state index is 5.32. The summed E-state index contributed by atoms with van der Waals surface area (Å²) in [5.74, 6) is 0. The molecule has 0 fully saturated rings. The zero-order valence-electron chi connectivity index (χ0n) is 5.09. The Balaban J connectivity index is 2.76. The number of rotatable bonds is 2. The molecule has 0 aliphatic carbocycles. The van der Waals surface area contributed by atoms with E-state index >= 15 is 0 Å². The van der Waals surface area contributed by atoms with Crippen molar-refractivity contribution in [1.29, 1.82) is 0 Å². The lowest BCUT2D eigenvalue weighted by Crippen LogP contribution is -2.10. The lowest BCUT2D eigenvalue weighted by molar-refractivity contribution is 1.18. The SMILES string of the molecule is NC(=S)Cc1csc(=S)[nH]1. The van der Waals surface area contributed by atoms with Crippen LogP contribution in [-0.4, -0.2) is 9.97 Å². The minimum Gasteiger partial charge on any atom is -0.393 e. The van der Waals surface area contributed by atoms with Crippen molar-refractivity contribution in [3.8, 4) is 0 Å². The van der Waals surface area contributed by atoms with Crippen molar-refractivity contribution in [3.63, 3.8) is 0 Å². The van der Waals surface area contributed by atoms with Gasteiger partial charge in [-0.3, -0.25) is 0 Å². The first kappa shape index (κ1) is 7.84. The van der Waals surface area contributed by atoms with Gasteiger partial charge in [0.15, 0.2) is 3.95 Å². The number of nitrogens with two attached hydrogens (primary N) is 1. The Morgan fingerprint density at radius 3 is 2.90 bits per heavy atom. The summed E-state index contributed by atoms with van der Waals surface area (Å²) in [5.41, 5.74) is 6.32. The first-order chi connectivity index (χ1) is 4.68. The fraction of sp³-hybridized carbons (Fsp3) is 0.200. The van der Waals surface area contributed by atoms with Gasteiger partial charge in [-0.15, -0.1) is 11.3 Å². The highest BCUT2D eigenvalue weighted by molar-refractivity contribution is 7.80. The van der Waals surface area contributed by atoms with Crippen molar-refractivity contribution in [2.24, 2.45) is 5.73 Å². The molecular weight excluding hydrogens is 184 g/mol. The minimum atomic E-state index is 0.490. The van der Waals surface area contributed by atoms with Crippen LogP contribution >= 0.6 is 35.8 Å². The molecule has 0 aliphatic heterocycles. The standard InChI is InChI=1S/C5H6N2S3/c6-4(8)1-3-2-10-5(9)7-3/h2H,1H2,(H2,6,8)(H,7,9). The summed E-state index contributed by atoms with van der Waals surface area (Å²) in [7, 11) is 0. The highest BCUT2D eigenvalue weighted by Crippen LogP contribution is 2.04. The summed E-state index contributed by atoms with van der Waals surface area (Å²) < 4.78 is 0.770. The van der Waals surface area contributed by atoms with Gasteiger partial charge in [-0.1, -0.05) is 12.2 Å². The molecule has 0 amide bonds. The van der Waals surface area contributed by atoms with E-state index in [1.54, 1.807) is 0 Å². The molecule has 3 N–H and O–H groups in total. The number of thiazole rings is 1. The molecule has 54 valence electrons. The maximum absolute atomic E-state index is 5.32. The predicted molar refractivity (Wildman–Crippen MR) is 50.0 cm³/mol. The van der Waals surface area contributed by atoms with Crippen LogP contribution in [0.4, 0.5) is 0 Å². The molecule has 0 bridgehead atoms. The molecule has 10 heavy (non-hydrogen) atoms. The number of aromatic amines is 1. The lowest BCUT2D eigenvalue weighted by atomic mass is 10.3. The monoisotopic (exact) mass is 190 g/mol. The van der Waals surface area contributed by atoms with E-state index in [1.807, 2.05) is 5.38 Å². The van der Waals surface area contributed by atoms with E-state index in [0.29, 0.717) is 11.4 Å². The third-order valence-corrected chi connectivity index (χ3v) is 2.19. The number of thiocarbonyl (C=S) groups is 1. The quantitative estimate of drug-likeness (QED) is 0.697. The molecule has 5 heteroatoms. The molecule has 1 rings (SSSR count). The van der Waals surface area contributed by atoms with E-state index in [-0.39, 0.29) is 0 Å². The van der Waals surface area contributed by atoms with E-state index < -0.39 is 0 Å². The van der Waals surface area contributed by atoms with Crippen LogP contribution in [-0.2, 0) is 6.42 Å². The third-order valence-electron chi connectivity index (χ3n) is 0.936. The van der Waals surface area contributed by atoms with E-state index in [4.69, 9.17) is 30.2 Å². The lowest BCUT2D eigenvalue weighted by Gasteiger charge is -1.90. The van der Waals surface area contributed by atoms with Gasteiger partial charge in [-0.2, -0.15) is 0 Å². The molecule has 0 aromatic carbocycles. The van der Waals surface area contributed by atoms with Gasteiger partial charge in [-0.25, -0.2) is 0 Å². The van der Waals surface area contributed by atoms with Crippen LogP contribution in [0, 0.1) is 3.95 Å². The summed E-state index contributed by atoms with van der Waals surface area (Å²) in [5, 5.41) is 1.93. The van der Waals surface area contributed by atoms with Gasteiger partial charge in [0.05, 0.1) is 4.99 Å². The van der Waals surface area contributed by atoms with E-state index in [9.17, 15) is 0 Å².